The number of benzene rings is 2. The second kappa shape index (κ2) is 9.61. The van der Waals surface area contributed by atoms with Gasteiger partial charge in [0, 0.05) is 24.7 Å². The molecule has 29 heavy (non-hydrogen) atoms. The van der Waals surface area contributed by atoms with E-state index >= 15 is 0 Å². The summed E-state index contributed by atoms with van der Waals surface area (Å²) in [6.07, 6.45) is 2.19. The molecule has 3 rings (SSSR count). The zero-order valence-electron chi connectivity index (χ0n) is 16.3. The van der Waals surface area contributed by atoms with Crippen molar-refractivity contribution >= 4 is 27.5 Å². The van der Waals surface area contributed by atoms with Gasteiger partial charge in [0.05, 0.1) is 4.90 Å². The Labute approximate surface area is 176 Å². The van der Waals surface area contributed by atoms with Gasteiger partial charge in [-0.25, -0.2) is 8.42 Å². The van der Waals surface area contributed by atoms with Crippen molar-refractivity contribution in [3.63, 3.8) is 0 Å². The molecule has 0 bridgehead atoms. The molecule has 1 N–H and O–H groups in total. The van der Waals surface area contributed by atoms with Crippen LogP contribution in [0, 0.1) is 0 Å². The molecule has 1 heterocycles. The Morgan fingerprint density at radius 2 is 1.83 bits per heavy atom. The van der Waals surface area contributed by atoms with Crippen molar-refractivity contribution in [3.8, 4) is 5.75 Å². The number of nitrogens with zero attached hydrogens (tertiary/aromatic N) is 1. The monoisotopic (exact) mass is 436 g/mol. The van der Waals surface area contributed by atoms with E-state index in [-0.39, 0.29) is 17.3 Å². The number of carbonyl (C=O) groups excluding carboxylic acids is 1. The minimum Gasteiger partial charge on any atom is -0.481 e. The minimum atomic E-state index is -3.45. The molecule has 1 aliphatic rings. The van der Waals surface area contributed by atoms with Crippen LogP contribution in [0.15, 0.2) is 53.4 Å². The number of amides is 1. The summed E-state index contributed by atoms with van der Waals surface area (Å²) in [4.78, 5) is 12.6. The highest BCUT2D eigenvalue weighted by Gasteiger charge is 2.25. The highest BCUT2D eigenvalue weighted by molar-refractivity contribution is 7.89. The van der Waals surface area contributed by atoms with E-state index in [0.29, 0.717) is 23.9 Å². The van der Waals surface area contributed by atoms with Crippen molar-refractivity contribution in [1.82, 2.24) is 9.62 Å². The van der Waals surface area contributed by atoms with Crippen LogP contribution in [0.3, 0.4) is 0 Å². The standard InChI is InChI=1S/C21H25ClN2O4S/c1-16(28-19-7-5-6-18(22)14-19)21(25)23-15-17-8-10-20(11-9-17)29(26,27)24-12-3-2-4-13-24/h5-11,14,16H,2-4,12-13,15H2,1H3,(H,23,25). The zero-order chi connectivity index (χ0) is 20.9. The molecule has 1 fully saturated rings. The summed E-state index contributed by atoms with van der Waals surface area (Å²) in [5, 5.41) is 3.34. The summed E-state index contributed by atoms with van der Waals surface area (Å²) >= 11 is 5.92. The van der Waals surface area contributed by atoms with Crippen molar-refractivity contribution in [3.05, 3.63) is 59.1 Å². The zero-order valence-corrected chi connectivity index (χ0v) is 17.9. The first kappa shape index (κ1) is 21.6. The Hall–Kier alpha value is -2.09. The highest BCUT2D eigenvalue weighted by Crippen LogP contribution is 2.21. The van der Waals surface area contributed by atoms with Gasteiger partial charge in [0.15, 0.2) is 6.10 Å². The summed E-state index contributed by atoms with van der Waals surface area (Å²) in [6, 6.07) is 13.5. The summed E-state index contributed by atoms with van der Waals surface area (Å²) < 4.78 is 32.5. The summed E-state index contributed by atoms with van der Waals surface area (Å²) in [6.45, 7) is 3.09. The Morgan fingerprint density at radius 1 is 1.14 bits per heavy atom. The van der Waals surface area contributed by atoms with E-state index in [4.69, 9.17) is 16.3 Å². The number of carbonyl (C=O) groups is 1. The van der Waals surface area contributed by atoms with Gasteiger partial charge in [0.2, 0.25) is 10.0 Å². The predicted octanol–water partition coefficient (Wildman–Crippen LogP) is 3.60. The van der Waals surface area contributed by atoms with Gasteiger partial charge in [-0.15, -0.1) is 0 Å². The fraction of sp³-hybridized carbons (Fsp3) is 0.381. The number of halogens is 1. The third kappa shape index (κ3) is 5.72. The van der Waals surface area contributed by atoms with Gasteiger partial charge in [-0.2, -0.15) is 4.31 Å². The first-order valence-electron chi connectivity index (χ1n) is 9.65. The number of hydrogen-bond acceptors (Lipinski definition) is 4. The molecule has 0 saturated carbocycles. The van der Waals surface area contributed by atoms with Gasteiger partial charge in [0.25, 0.3) is 5.91 Å². The highest BCUT2D eigenvalue weighted by atomic mass is 35.5. The quantitative estimate of drug-likeness (QED) is 0.719. The average Bonchev–Trinajstić information content (AvgIpc) is 2.73. The molecule has 1 amide bonds. The van der Waals surface area contributed by atoms with Crippen molar-refractivity contribution in [2.24, 2.45) is 0 Å². The number of hydrogen-bond donors (Lipinski definition) is 1. The van der Waals surface area contributed by atoms with Crippen LogP contribution < -0.4 is 10.1 Å². The van der Waals surface area contributed by atoms with Crippen LogP contribution in [0.25, 0.3) is 0 Å². The minimum absolute atomic E-state index is 0.269. The van der Waals surface area contributed by atoms with E-state index in [0.717, 1.165) is 24.8 Å². The molecular weight excluding hydrogens is 412 g/mol. The summed E-state index contributed by atoms with van der Waals surface area (Å²) in [5.41, 5.74) is 0.811. The fourth-order valence-electron chi connectivity index (χ4n) is 3.16. The van der Waals surface area contributed by atoms with E-state index in [1.165, 1.54) is 0 Å². The van der Waals surface area contributed by atoms with E-state index in [1.807, 2.05) is 0 Å². The fourth-order valence-corrected chi connectivity index (χ4v) is 4.86. The molecule has 6 nitrogen and oxygen atoms in total. The number of sulfonamides is 1. The lowest BCUT2D eigenvalue weighted by atomic mass is 10.2. The van der Waals surface area contributed by atoms with Crippen molar-refractivity contribution < 1.29 is 17.9 Å². The van der Waals surface area contributed by atoms with Gasteiger partial charge >= 0.3 is 0 Å². The molecule has 1 saturated heterocycles. The van der Waals surface area contributed by atoms with Crippen LogP contribution >= 0.6 is 11.6 Å². The Balaban J connectivity index is 1.55. The summed E-state index contributed by atoms with van der Waals surface area (Å²) in [7, 11) is -3.45. The van der Waals surface area contributed by atoms with E-state index in [1.54, 1.807) is 59.8 Å². The largest absolute Gasteiger partial charge is 0.481 e. The molecule has 8 heteroatoms. The third-order valence-corrected chi connectivity index (χ3v) is 6.97. The van der Waals surface area contributed by atoms with Crippen LogP contribution in [-0.2, 0) is 21.4 Å². The number of piperidine rings is 1. The van der Waals surface area contributed by atoms with Gasteiger partial charge in [-0.1, -0.05) is 36.2 Å². The lowest BCUT2D eigenvalue weighted by molar-refractivity contribution is -0.127. The van der Waals surface area contributed by atoms with E-state index < -0.39 is 16.1 Å². The first-order chi connectivity index (χ1) is 13.9. The maximum absolute atomic E-state index is 12.7. The van der Waals surface area contributed by atoms with E-state index in [9.17, 15) is 13.2 Å². The lowest BCUT2D eigenvalue weighted by Gasteiger charge is -2.25. The topological polar surface area (TPSA) is 75.7 Å². The van der Waals surface area contributed by atoms with Crippen LogP contribution in [0.2, 0.25) is 5.02 Å². The van der Waals surface area contributed by atoms with Crippen molar-refractivity contribution in [2.75, 3.05) is 13.1 Å². The number of nitrogens with one attached hydrogen (secondary N) is 1. The molecule has 0 aromatic heterocycles. The number of ether oxygens (including phenoxy) is 1. The molecule has 2 aromatic carbocycles. The molecule has 1 aliphatic heterocycles. The molecular formula is C21H25ClN2O4S. The molecule has 1 unspecified atom stereocenters. The molecule has 1 atom stereocenters. The van der Waals surface area contributed by atoms with E-state index in [2.05, 4.69) is 5.32 Å². The third-order valence-electron chi connectivity index (χ3n) is 4.82. The molecule has 2 aromatic rings. The Kier molecular flexibility index (Phi) is 7.16. The van der Waals surface area contributed by atoms with Gasteiger partial charge in [-0.05, 0) is 55.7 Å². The predicted molar refractivity (Wildman–Crippen MR) is 112 cm³/mol. The van der Waals surface area contributed by atoms with Crippen LogP contribution in [0.4, 0.5) is 0 Å². The maximum Gasteiger partial charge on any atom is 0.261 e. The normalized spacial score (nSPS) is 16.2. The van der Waals surface area contributed by atoms with Crippen LogP contribution in [0.1, 0.15) is 31.7 Å². The van der Waals surface area contributed by atoms with Gasteiger partial charge in [-0.3, -0.25) is 4.79 Å². The van der Waals surface area contributed by atoms with Crippen LogP contribution in [-0.4, -0.2) is 37.8 Å². The smallest absolute Gasteiger partial charge is 0.261 e. The average molecular weight is 437 g/mol. The molecule has 0 aliphatic carbocycles. The maximum atomic E-state index is 12.7. The molecule has 0 radical (unpaired) electrons. The Bertz CT molecular complexity index is 941. The summed E-state index contributed by atoms with van der Waals surface area (Å²) in [5.74, 6) is 0.252. The van der Waals surface area contributed by atoms with Crippen LogP contribution in [0.5, 0.6) is 5.75 Å². The SMILES string of the molecule is CC(Oc1cccc(Cl)c1)C(=O)NCc1ccc(S(=O)(=O)N2CCCCC2)cc1. The Morgan fingerprint density at radius 3 is 2.48 bits per heavy atom. The van der Waals surface area contributed by atoms with Gasteiger partial charge in [0.1, 0.15) is 5.75 Å². The second-order valence-electron chi connectivity index (χ2n) is 7.04. The van der Waals surface area contributed by atoms with Gasteiger partial charge < -0.3 is 10.1 Å². The molecule has 156 valence electrons. The molecule has 0 spiro atoms. The second-order valence-corrected chi connectivity index (χ2v) is 9.42. The lowest BCUT2D eigenvalue weighted by Crippen LogP contribution is -2.36. The van der Waals surface area contributed by atoms with Crippen molar-refractivity contribution in [2.45, 2.75) is 43.7 Å². The first-order valence-corrected chi connectivity index (χ1v) is 11.5. The number of rotatable bonds is 7. The van der Waals surface area contributed by atoms with Crippen molar-refractivity contribution in [1.29, 1.82) is 0 Å².